The van der Waals surface area contributed by atoms with Crippen LogP contribution in [0.1, 0.15) is 46.6 Å². The molecule has 0 aromatic carbocycles. The van der Waals surface area contributed by atoms with E-state index in [1.165, 1.54) is 0 Å². The van der Waals surface area contributed by atoms with Gasteiger partial charge in [-0.2, -0.15) is 5.10 Å². The van der Waals surface area contributed by atoms with Crippen molar-refractivity contribution in [1.29, 1.82) is 0 Å². The molecule has 0 aliphatic carbocycles. The zero-order valence-electron chi connectivity index (χ0n) is 15.3. The first-order valence-corrected chi connectivity index (χ1v) is 8.92. The minimum Gasteiger partial charge on any atom is -0.373 e. The van der Waals surface area contributed by atoms with Crippen molar-refractivity contribution in [2.75, 3.05) is 31.5 Å². The van der Waals surface area contributed by atoms with Gasteiger partial charge >= 0.3 is 6.03 Å². The molecule has 7 nitrogen and oxygen atoms in total. The second-order valence-corrected chi connectivity index (χ2v) is 6.86. The standard InChI is InChI=1S/C17H31N5O2/c1-13(2)22-16(7-9-19-22)20-17(23)18-8-5-6-10-21-11-14(3)24-15(4)12-21/h7,9,13-15H,5-6,8,10-12H2,1-4H3,(H2,18,20,23). The summed E-state index contributed by atoms with van der Waals surface area (Å²) in [4.78, 5) is 14.4. The van der Waals surface area contributed by atoms with Crippen molar-refractivity contribution in [3.8, 4) is 0 Å². The number of nitrogens with zero attached hydrogens (tertiary/aromatic N) is 3. The molecule has 24 heavy (non-hydrogen) atoms. The van der Waals surface area contributed by atoms with Gasteiger partial charge in [-0.25, -0.2) is 9.48 Å². The third-order valence-electron chi connectivity index (χ3n) is 4.08. The van der Waals surface area contributed by atoms with E-state index in [-0.39, 0.29) is 12.1 Å². The maximum absolute atomic E-state index is 11.9. The number of anilines is 1. The number of amides is 2. The van der Waals surface area contributed by atoms with Gasteiger partial charge in [0.15, 0.2) is 0 Å². The molecule has 2 N–H and O–H groups in total. The highest BCUT2D eigenvalue weighted by Gasteiger charge is 2.21. The van der Waals surface area contributed by atoms with E-state index >= 15 is 0 Å². The lowest BCUT2D eigenvalue weighted by atomic mass is 10.2. The summed E-state index contributed by atoms with van der Waals surface area (Å²) in [5.74, 6) is 0.721. The number of unbranched alkanes of at least 4 members (excludes halogenated alkanes) is 1. The number of rotatable bonds is 7. The van der Waals surface area contributed by atoms with E-state index in [0.29, 0.717) is 18.8 Å². The number of carbonyl (C=O) groups excluding carboxylic acids is 1. The SMILES string of the molecule is CC1CN(CCCCNC(=O)Nc2ccnn2C(C)C)CC(C)O1. The van der Waals surface area contributed by atoms with Crippen LogP contribution in [-0.4, -0.2) is 59.1 Å². The van der Waals surface area contributed by atoms with E-state index in [1.54, 1.807) is 16.9 Å². The van der Waals surface area contributed by atoms with E-state index in [9.17, 15) is 4.79 Å². The smallest absolute Gasteiger partial charge is 0.320 e. The average Bonchev–Trinajstić information content (AvgIpc) is 2.94. The summed E-state index contributed by atoms with van der Waals surface area (Å²) in [6, 6.07) is 1.85. The molecule has 2 amide bonds. The minimum atomic E-state index is -0.175. The van der Waals surface area contributed by atoms with Crippen molar-refractivity contribution < 1.29 is 9.53 Å². The van der Waals surface area contributed by atoms with E-state index < -0.39 is 0 Å². The predicted octanol–water partition coefficient (Wildman–Crippen LogP) is 2.47. The van der Waals surface area contributed by atoms with Crippen molar-refractivity contribution in [2.45, 2.75) is 58.8 Å². The van der Waals surface area contributed by atoms with Crippen LogP contribution in [0.3, 0.4) is 0 Å². The van der Waals surface area contributed by atoms with Gasteiger partial charge in [-0.3, -0.25) is 10.2 Å². The first-order valence-electron chi connectivity index (χ1n) is 8.92. The predicted molar refractivity (Wildman–Crippen MR) is 95.3 cm³/mol. The number of hydrogen-bond donors (Lipinski definition) is 2. The monoisotopic (exact) mass is 337 g/mol. The van der Waals surface area contributed by atoms with Crippen LogP contribution in [0.15, 0.2) is 12.3 Å². The van der Waals surface area contributed by atoms with Crippen molar-refractivity contribution >= 4 is 11.8 Å². The van der Waals surface area contributed by atoms with Gasteiger partial charge in [0.05, 0.1) is 18.4 Å². The summed E-state index contributed by atoms with van der Waals surface area (Å²) in [7, 11) is 0. The van der Waals surface area contributed by atoms with Crippen LogP contribution in [0.25, 0.3) is 0 Å². The van der Waals surface area contributed by atoms with E-state index in [4.69, 9.17) is 4.74 Å². The average molecular weight is 337 g/mol. The van der Waals surface area contributed by atoms with Gasteiger partial charge in [0, 0.05) is 31.7 Å². The summed E-state index contributed by atoms with van der Waals surface area (Å²) >= 11 is 0. The van der Waals surface area contributed by atoms with Gasteiger partial charge in [0.2, 0.25) is 0 Å². The highest BCUT2D eigenvalue weighted by atomic mass is 16.5. The summed E-state index contributed by atoms with van der Waals surface area (Å²) in [5.41, 5.74) is 0. The summed E-state index contributed by atoms with van der Waals surface area (Å²) in [6.07, 6.45) is 4.35. The largest absolute Gasteiger partial charge is 0.373 e. The van der Waals surface area contributed by atoms with E-state index in [1.807, 2.05) is 13.8 Å². The van der Waals surface area contributed by atoms with Crippen LogP contribution >= 0.6 is 0 Å². The highest BCUT2D eigenvalue weighted by Crippen LogP contribution is 2.13. The topological polar surface area (TPSA) is 71.4 Å². The Balaban J connectivity index is 1.60. The minimum absolute atomic E-state index is 0.175. The Hall–Kier alpha value is -1.60. The molecule has 2 unspecified atom stereocenters. The van der Waals surface area contributed by atoms with Crippen LogP contribution in [0.2, 0.25) is 0 Å². The Labute approximate surface area is 144 Å². The molecular weight excluding hydrogens is 306 g/mol. The fourth-order valence-electron chi connectivity index (χ4n) is 3.11. The number of urea groups is 1. The van der Waals surface area contributed by atoms with Crippen LogP contribution in [0, 0.1) is 0 Å². The molecule has 1 aliphatic rings. The lowest BCUT2D eigenvalue weighted by Gasteiger charge is -2.35. The zero-order valence-corrected chi connectivity index (χ0v) is 15.3. The van der Waals surface area contributed by atoms with Crippen molar-refractivity contribution in [2.24, 2.45) is 0 Å². The third-order valence-corrected chi connectivity index (χ3v) is 4.08. The lowest BCUT2D eigenvalue weighted by molar-refractivity contribution is -0.0681. The van der Waals surface area contributed by atoms with Gasteiger partial charge in [0.25, 0.3) is 0 Å². The second kappa shape index (κ2) is 9.03. The fourth-order valence-corrected chi connectivity index (χ4v) is 3.11. The van der Waals surface area contributed by atoms with Crippen molar-refractivity contribution in [3.63, 3.8) is 0 Å². The maximum atomic E-state index is 11.9. The van der Waals surface area contributed by atoms with Gasteiger partial charge < -0.3 is 10.1 Å². The maximum Gasteiger partial charge on any atom is 0.320 e. The van der Waals surface area contributed by atoms with E-state index in [0.717, 1.165) is 38.3 Å². The molecule has 1 fully saturated rings. The van der Waals surface area contributed by atoms with Crippen molar-refractivity contribution in [1.82, 2.24) is 20.0 Å². The number of nitrogens with one attached hydrogen (secondary N) is 2. The first-order chi connectivity index (χ1) is 11.5. The molecule has 2 heterocycles. The Morgan fingerprint density at radius 3 is 2.71 bits per heavy atom. The normalized spacial score (nSPS) is 21.9. The number of morpholine rings is 1. The molecular formula is C17H31N5O2. The molecule has 2 rings (SSSR count). The molecule has 0 saturated carbocycles. The summed E-state index contributed by atoms with van der Waals surface area (Å²) in [5, 5.41) is 9.96. The van der Waals surface area contributed by atoms with E-state index in [2.05, 4.69) is 34.5 Å². The molecule has 0 bridgehead atoms. The molecule has 7 heteroatoms. The molecule has 1 aliphatic heterocycles. The molecule has 1 aromatic heterocycles. The van der Waals surface area contributed by atoms with Crippen LogP contribution in [0.4, 0.5) is 10.6 Å². The number of carbonyl (C=O) groups is 1. The third kappa shape index (κ3) is 5.79. The lowest BCUT2D eigenvalue weighted by Crippen LogP contribution is -2.45. The summed E-state index contributed by atoms with van der Waals surface area (Å²) < 4.78 is 7.53. The Kier molecular flexibility index (Phi) is 7.05. The molecule has 0 spiro atoms. The highest BCUT2D eigenvalue weighted by molar-refractivity contribution is 5.88. The summed E-state index contributed by atoms with van der Waals surface area (Å²) in [6.45, 7) is 12.0. The van der Waals surface area contributed by atoms with Gasteiger partial charge in [-0.05, 0) is 47.1 Å². The Bertz CT molecular complexity index is 507. The Morgan fingerprint density at radius 1 is 1.33 bits per heavy atom. The second-order valence-electron chi connectivity index (χ2n) is 6.86. The molecule has 136 valence electrons. The number of aromatic nitrogens is 2. The quantitative estimate of drug-likeness (QED) is 0.750. The number of hydrogen-bond acceptors (Lipinski definition) is 4. The van der Waals surface area contributed by atoms with Gasteiger partial charge in [0.1, 0.15) is 5.82 Å². The van der Waals surface area contributed by atoms with Gasteiger partial charge in [-0.1, -0.05) is 0 Å². The van der Waals surface area contributed by atoms with Crippen LogP contribution in [-0.2, 0) is 4.74 Å². The molecule has 1 saturated heterocycles. The Morgan fingerprint density at radius 2 is 2.04 bits per heavy atom. The molecule has 1 aromatic rings. The molecule has 2 atom stereocenters. The number of ether oxygens (including phenoxy) is 1. The first kappa shape index (κ1) is 18.7. The fraction of sp³-hybridized carbons (Fsp3) is 0.765. The molecule has 0 radical (unpaired) electrons. The van der Waals surface area contributed by atoms with Gasteiger partial charge in [-0.15, -0.1) is 0 Å². The zero-order chi connectivity index (χ0) is 17.5. The van der Waals surface area contributed by atoms with Crippen LogP contribution in [0.5, 0.6) is 0 Å². The van der Waals surface area contributed by atoms with Crippen LogP contribution < -0.4 is 10.6 Å². The van der Waals surface area contributed by atoms with Crippen molar-refractivity contribution in [3.05, 3.63) is 12.3 Å².